The third-order valence-electron chi connectivity index (χ3n) is 3.63. The SMILES string of the molecule is CC(C)NC1=NC(N2CCSC2=O)C(=CC=Cc2ccc(Cl)cc2)S1. The van der Waals surface area contributed by atoms with Crippen molar-refractivity contribution in [2.75, 3.05) is 12.3 Å². The van der Waals surface area contributed by atoms with Crippen LogP contribution in [0.25, 0.3) is 6.08 Å². The number of allylic oxidation sites excluding steroid dienone is 2. The lowest BCUT2D eigenvalue weighted by molar-refractivity contribution is 0.220. The third kappa shape index (κ3) is 4.84. The summed E-state index contributed by atoms with van der Waals surface area (Å²) in [6.45, 7) is 4.90. The topological polar surface area (TPSA) is 44.7 Å². The van der Waals surface area contributed by atoms with Gasteiger partial charge in [0.05, 0.1) is 0 Å². The maximum atomic E-state index is 12.1. The molecule has 0 spiro atoms. The molecule has 0 aromatic heterocycles. The monoisotopic (exact) mass is 393 g/mol. The van der Waals surface area contributed by atoms with E-state index in [9.17, 15) is 4.79 Å². The Kier molecular flexibility index (Phi) is 6.15. The van der Waals surface area contributed by atoms with Crippen LogP contribution in [0.5, 0.6) is 0 Å². The molecule has 2 heterocycles. The van der Waals surface area contributed by atoms with Gasteiger partial charge in [-0.05, 0) is 37.6 Å². The summed E-state index contributed by atoms with van der Waals surface area (Å²) in [4.78, 5) is 19.7. The number of nitrogens with one attached hydrogen (secondary N) is 1. The van der Waals surface area contributed by atoms with Crippen LogP contribution in [-0.4, -0.2) is 39.8 Å². The number of amides is 1. The number of carbonyl (C=O) groups excluding carboxylic acids is 1. The Morgan fingerprint density at radius 3 is 2.76 bits per heavy atom. The van der Waals surface area contributed by atoms with Crippen LogP contribution in [0.3, 0.4) is 0 Å². The molecule has 0 radical (unpaired) electrons. The average Bonchev–Trinajstić information content (AvgIpc) is 3.14. The molecule has 1 N–H and O–H groups in total. The molecule has 0 saturated carbocycles. The van der Waals surface area contributed by atoms with Crippen LogP contribution in [0, 0.1) is 0 Å². The fraction of sp³-hybridized carbons (Fsp3) is 0.333. The lowest BCUT2D eigenvalue weighted by atomic mass is 10.2. The van der Waals surface area contributed by atoms with E-state index in [1.165, 1.54) is 11.8 Å². The Balaban J connectivity index is 1.77. The van der Waals surface area contributed by atoms with E-state index in [-0.39, 0.29) is 11.4 Å². The van der Waals surface area contributed by atoms with Crippen molar-refractivity contribution in [3.8, 4) is 0 Å². The van der Waals surface area contributed by atoms with Gasteiger partial charge in [0.15, 0.2) is 11.3 Å². The Morgan fingerprint density at radius 1 is 1.36 bits per heavy atom. The summed E-state index contributed by atoms with van der Waals surface area (Å²) in [6, 6.07) is 7.99. The van der Waals surface area contributed by atoms with E-state index in [0.717, 1.165) is 33.0 Å². The zero-order chi connectivity index (χ0) is 17.8. The van der Waals surface area contributed by atoms with Gasteiger partial charge in [-0.2, -0.15) is 0 Å². The standard InChI is InChI=1S/C18H20ClN3OS2/c1-12(2)20-17-21-16(22-10-11-24-18(22)23)15(25-17)5-3-4-13-6-8-14(19)9-7-13/h3-9,12,16H,10-11H2,1-2H3,(H,20,21). The number of carbonyl (C=O) groups is 1. The second-order valence-corrected chi connectivity index (χ2v) is 8.54. The van der Waals surface area contributed by atoms with E-state index in [1.807, 2.05) is 47.4 Å². The van der Waals surface area contributed by atoms with Crippen molar-refractivity contribution >= 4 is 51.6 Å². The number of benzene rings is 1. The second kappa shape index (κ2) is 8.34. The molecule has 4 nitrogen and oxygen atoms in total. The fourth-order valence-electron chi connectivity index (χ4n) is 2.48. The Labute approximate surface area is 161 Å². The molecule has 0 aliphatic carbocycles. The van der Waals surface area contributed by atoms with Crippen molar-refractivity contribution in [3.63, 3.8) is 0 Å². The van der Waals surface area contributed by atoms with Gasteiger partial charge in [0, 0.05) is 28.3 Å². The van der Waals surface area contributed by atoms with Crippen LogP contribution >= 0.6 is 35.1 Å². The van der Waals surface area contributed by atoms with Crippen LogP contribution < -0.4 is 5.32 Å². The van der Waals surface area contributed by atoms with Gasteiger partial charge in [-0.15, -0.1) is 0 Å². The van der Waals surface area contributed by atoms with E-state index in [2.05, 4.69) is 19.2 Å². The number of aliphatic imine (C=N–C) groups is 1. The van der Waals surface area contributed by atoms with Gasteiger partial charge < -0.3 is 10.2 Å². The molecule has 1 fully saturated rings. The molecule has 1 aromatic carbocycles. The number of thioether (sulfide) groups is 2. The Morgan fingerprint density at radius 2 is 2.12 bits per heavy atom. The summed E-state index contributed by atoms with van der Waals surface area (Å²) < 4.78 is 0. The summed E-state index contributed by atoms with van der Waals surface area (Å²) in [5.74, 6) is 0.830. The normalized spacial score (nSPS) is 22.5. The first kappa shape index (κ1) is 18.4. The van der Waals surface area contributed by atoms with Crippen molar-refractivity contribution in [2.24, 2.45) is 4.99 Å². The predicted octanol–water partition coefficient (Wildman–Crippen LogP) is 4.83. The minimum Gasteiger partial charge on any atom is -0.362 e. The van der Waals surface area contributed by atoms with Gasteiger partial charge >= 0.3 is 0 Å². The lowest BCUT2D eigenvalue weighted by Crippen LogP contribution is -2.33. The molecule has 1 aromatic rings. The van der Waals surface area contributed by atoms with Crippen LogP contribution in [0.15, 0.2) is 46.3 Å². The van der Waals surface area contributed by atoms with Crippen molar-refractivity contribution in [1.82, 2.24) is 10.2 Å². The highest BCUT2D eigenvalue weighted by Gasteiger charge is 2.35. The molecule has 1 atom stereocenters. The molecule has 3 rings (SSSR count). The number of hydrogen-bond donors (Lipinski definition) is 1. The molecular weight excluding hydrogens is 374 g/mol. The molecule has 2 aliphatic rings. The van der Waals surface area contributed by atoms with Crippen molar-refractivity contribution in [2.45, 2.75) is 26.1 Å². The van der Waals surface area contributed by atoms with Crippen LogP contribution in [0.4, 0.5) is 4.79 Å². The number of nitrogens with zero attached hydrogens (tertiary/aromatic N) is 2. The summed E-state index contributed by atoms with van der Waals surface area (Å²) in [7, 11) is 0. The molecule has 7 heteroatoms. The van der Waals surface area contributed by atoms with E-state index in [0.29, 0.717) is 6.04 Å². The maximum absolute atomic E-state index is 12.1. The molecule has 1 unspecified atom stereocenters. The zero-order valence-electron chi connectivity index (χ0n) is 14.1. The van der Waals surface area contributed by atoms with Crippen molar-refractivity contribution in [3.05, 3.63) is 51.9 Å². The summed E-state index contributed by atoms with van der Waals surface area (Å²) in [5, 5.41) is 5.05. The third-order valence-corrected chi connectivity index (χ3v) is 5.75. The highest BCUT2D eigenvalue weighted by Crippen LogP contribution is 2.35. The van der Waals surface area contributed by atoms with Gasteiger partial charge in [-0.1, -0.05) is 59.4 Å². The first-order chi connectivity index (χ1) is 12.0. The summed E-state index contributed by atoms with van der Waals surface area (Å²) in [6.07, 6.45) is 5.84. The number of rotatable bonds is 4. The number of amidine groups is 1. The van der Waals surface area contributed by atoms with E-state index < -0.39 is 0 Å². The first-order valence-electron chi connectivity index (χ1n) is 8.12. The van der Waals surface area contributed by atoms with E-state index in [4.69, 9.17) is 16.6 Å². The molecular formula is C18H20ClN3OS2. The van der Waals surface area contributed by atoms with Crippen LogP contribution in [0.2, 0.25) is 5.02 Å². The maximum Gasteiger partial charge on any atom is 0.283 e. The smallest absolute Gasteiger partial charge is 0.283 e. The molecule has 132 valence electrons. The number of hydrogen-bond acceptors (Lipinski definition) is 5. The molecule has 1 amide bonds. The Hall–Kier alpha value is -1.37. The number of halogens is 1. The summed E-state index contributed by atoms with van der Waals surface area (Å²) in [5.41, 5.74) is 1.08. The van der Waals surface area contributed by atoms with Gasteiger partial charge in [0.25, 0.3) is 5.24 Å². The van der Waals surface area contributed by atoms with E-state index in [1.54, 1.807) is 11.8 Å². The van der Waals surface area contributed by atoms with Crippen molar-refractivity contribution < 1.29 is 4.79 Å². The fourth-order valence-corrected chi connectivity index (χ4v) is 4.53. The van der Waals surface area contributed by atoms with Crippen LogP contribution in [0.1, 0.15) is 19.4 Å². The van der Waals surface area contributed by atoms with Crippen molar-refractivity contribution in [1.29, 1.82) is 0 Å². The molecule has 1 saturated heterocycles. The predicted molar refractivity (Wildman–Crippen MR) is 110 cm³/mol. The highest BCUT2D eigenvalue weighted by molar-refractivity contribution is 8.17. The Bertz CT molecular complexity index is 728. The van der Waals surface area contributed by atoms with Gasteiger partial charge in [-0.3, -0.25) is 4.79 Å². The lowest BCUT2D eigenvalue weighted by Gasteiger charge is -2.20. The minimum atomic E-state index is -0.219. The average molecular weight is 394 g/mol. The quantitative estimate of drug-likeness (QED) is 0.795. The van der Waals surface area contributed by atoms with Gasteiger partial charge in [0.1, 0.15) is 0 Å². The molecule has 0 bridgehead atoms. The first-order valence-corrected chi connectivity index (χ1v) is 10.3. The zero-order valence-corrected chi connectivity index (χ0v) is 16.5. The largest absolute Gasteiger partial charge is 0.362 e. The van der Waals surface area contributed by atoms with Crippen LogP contribution in [-0.2, 0) is 0 Å². The highest BCUT2D eigenvalue weighted by atomic mass is 35.5. The van der Waals surface area contributed by atoms with Gasteiger partial charge in [0.2, 0.25) is 0 Å². The minimum absolute atomic E-state index is 0.104. The van der Waals surface area contributed by atoms with E-state index >= 15 is 0 Å². The van der Waals surface area contributed by atoms with Gasteiger partial charge in [-0.25, -0.2) is 4.99 Å². The summed E-state index contributed by atoms with van der Waals surface area (Å²) >= 11 is 8.87. The molecule has 2 aliphatic heterocycles. The second-order valence-electron chi connectivity index (χ2n) is 6.00. The molecule has 25 heavy (non-hydrogen) atoms.